The summed E-state index contributed by atoms with van der Waals surface area (Å²) < 4.78 is 1.78. The largest absolute Gasteiger partial charge is 0.388 e. The summed E-state index contributed by atoms with van der Waals surface area (Å²) in [4.78, 5) is 17.1. The maximum atomic E-state index is 12.9. The van der Waals surface area contributed by atoms with Gasteiger partial charge in [0.1, 0.15) is 12.4 Å². The fraction of sp³-hybridized carbons (Fsp3) is 0.111. The second-order valence-electron chi connectivity index (χ2n) is 5.14. The smallest absolute Gasteiger partial charge is 0.196 e. The minimum Gasteiger partial charge on any atom is -0.388 e. The summed E-state index contributed by atoms with van der Waals surface area (Å²) in [6, 6.07) is 14.2. The van der Waals surface area contributed by atoms with E-state index in [1.54, 1.807) is 47.2 Å². The van der Waals surface area contributed by atoms with Crippen LogP contribution in [0.4, 0.5) is 0 Å². The third-order valence-electron chi connectivity index (χ3n) is 3.66. The molecule has 0 bridgehead atoms. The number of aromatic nitrogens is 2. The molecule has 0 unspecified atom stereocenters. The van der Waals surface area contributed by atoms with Crippen molar-refractivity contribution in [3.05, 3.63) is 82.4 Å². The highest BCUT2D eigenvalue weighted by molar-refractivity contribution is 6.35. The Balaban J connectivity index is 2.18. The van der Waals surface area contributed by atoms with E-state index in [9.17, 15) is 9.90 Å². The van der Waals surface area contributed by atoms with Crippen LogP contribution in [0.2, 0.25) is 5.02 Å². The first-order valence-corrected chi connectivity index (χ1v) is 7.54. The fourth-order valence-corrected chi connectivity index (χ4v) is 2.80. The molecule has 1 heterocycles. The molecule has 23 heavy (non-hydrogen) atoms. The minimum absolute atomic E-state index is 0.164. The molecule has 0 aliphatic rings. The van der Waals surface area contributed by atoms with Gasteiger partial charge < -0.3 is 5.11 Å². The number of aryl methyl sites for hydroxylation is 1. The third-order valence-corrected chi connectivity index (χ3v) is 3.99. The van der Waals surface area contributed by atoms with Crippen LogP contribution < -0.4 is 0 Å². The van der Waals surface area contributed by atoms with E-state index in [2.05, 4.69) is 4.98 Å². The zero-order chi connectivity index (χ0) is 16.4. The Hall–Kier alpha value is -2.43. The molecule has 3 aromatic rings. The number of imidazole rings is 1. The summed E-state index contributed by atoms with van der Waals surface area (Å²) in [6.07, 6.45) is 1.67. The molecule has 1 N–H and O–H groups in total. The fourth-order valence-electron chi connectivity index (χ4n) is 2.58. The van der Waals surface area contributed by atoms with Crippen molar-refractivity contribution in [3.8, 4) is 5.69 Å². The highest BCUT2D eigenvalue weighted by atomic mass is 35.5. The molecule has 0 fully saturated rings. The third kappa shape index (κ3) is 2.79. The van der Waals surface area contributed by atoms with E-state index >= 15 is 0 Å². The molecule has 0 aliphatic heterocycles. The number of para-hydroxylation sites is 1. The highest BCUT2D eigenvalue weighted by Crippen LogP contribution is 2.25. The van der Waals surface area contributed by atoms with Crippen molar-refractivity contribution in [2.75, 3.05) is 0 Å². The first-order chi connectivity index (χ1) is 11.1. The van der Waals surface area contributed by atoms with Crippen LogP contribution >= 0.6 is 11.6 Å². The molecule has 0 amide bonds. The number of ketones is 1. The van der Waals surface area contributed by atoms with Gasteiger partial charge >= 0.3 is 0 Å². The number of benzene rings is 2. The van der Waals surface area contributed by atoms with Crippen LogP contribution in [0.5, 0.6) is 0 Å². The lowest BCUT2D eigenvalue weighted by atomic mass is 10.0. The van der Waals surface area contributed by atoms with E-state index < -0.39 is 0 Å². The van der Waals surface area contributed by atoms with Crippen LogP contribution in [-0.4, -0.2) is 20.4 Å². The molecule has 1 aromatic heterocycles. The normalized spacial score (nSPS) is 10.7. The summed E-state index contributed by atoms with van der Waals surface area (Å²) in [5.41, 5.74) is 2.48. The van der Waals surface area contributed by atoms with Crippen LogP contribution in [0.25, 0.3) is 5.69 Å². The molecule has 0 spiro atoms. The quantitative estimate of drug-likeness (QED) is 0.746. The Morgan fingerprint density at radius 2 is 1.78 bits per heavy atom. The van der Waals surface area contributed by atoms with E-state index in [0.29, 0.717) is 27.7 Å². The van der Waals surface area contributed by atoms with Gasteiger partial charge in [-0.2, -0.15) is 0 Å². The minimum atomic E-state index is -0.206. The first kappa shape index (κ1) is 15.5. The summed E-state index contributed by atoms with van der Waals surface area (Å²) in [6.45, 7) is 1.67. The lowest BCUT2D eigenvalue weighted by Gasteiger charge is -2.14. The Morgan fingerprint density at radius 3 is 2.48 bits per heavy atom. The van der Waals surface area contributed by atoms with E-state index in [-0.39, 0.29) is 12.4 Å². The summed E-state index contributed by atoms with van der Waals surface area (Å²) in [7, 11) is 0. The second-order valence-corrected chi connectivity index (χ2v) is 5.54. The molecule has 3 rings (SSSR count). The monoisotopic (exact) mass is 326 g/mol. The number of hydrogen-bond acceptors (Lipinski definition) is 3. The number of nitrogens with zero attached hydrogens (tertiary/aromatic N) is 2. The number of carbonyl (C=O) groups excluding carboxylic acids is 1. The Bertz CT molecular complexity index is 871. The van der Waals surface area contributed by atoms with Crippen LogP contribution in [0, 0.1) is 6.92 Å². The number of hydrogen-bond donors (Lipinski definition) is 1. The SMILES string of the molecule is Cc1cnc(CO)n1-c1ccccc1C(=O)c1ccccc1Cl. The van der Waals surface area contributed by atoms with Gasteiger partial charge in [0.25, 0.3) is 0 Å². The molecule has 5 heteroatoms. The Labute approximate surface area is 139 Å². The summed E-state index contributed by atoms with van der Waals surface area (Å²) >= 11 is 6.16. The van der Waals surface area contributed by atoms with Gasteiger partial charge in [-0.1, -0.05) is 35.9 Å². The molecule has 0 atom stereocenters. The summed E-state index contributed by atoms with van der Waals surface area (Å²) in [5, 5.41) is 9.91. The number of rotatable bonds is 4. The second kappa shape index (κ2) is 6.36. The van der Waals surface area contributed by atoms with E-state index in [1.807, 2.05) is 19.1 Å². The van der Waals surface area contributed by atoms with Gasteiger partial charge in [0, 0.05) is 23.0 Å². The molecular weight excluding hydrogens is 312 g/mol. The maximum absolute atomic E-state index is 12.9. The maximum Gasteiger partial charge on any atom is 0.196 e. The number of halogens is 1. The van der Waals surface area contributed by atoms with E-state index in [1.165, 1.54) is 0 Å². The van der Waals surface area contributed by atoms with Gasteiger partial charge in [-0.3, -0.25) is 9.36 Å². The van der Waals surface area contributed by atoms with Gasteiger partial charge in [-0.05, 0) is 31.2 Å². The molecule has 0 radical (unpaired) electrons. The van der Waals surface area contributed by atoms with Crippen LogP contribution in [0.3, 0.4) is 0 Å². The lowest BCUT2D eigenvalue weighted by molar-refractivity contribution is 0.103. The molecule has 0 aliphatic carbocycles. The van der Waals surface area contributed by atoms with Crippen LogP contribution in [-0.2, 0) is 6.61 Å². The topological polar surface area (TPSA) is 55.1 Å². The predicted octanol–water partition coefficient (Wildman–Crippen LogP) is 3.56. The lowest BCUT2D eigenvalue weighted by Crippen LogP contribution is -2.11. The standard InChI is InChI=1S/C18H15ClN2O2/c1-12-10-20-17(11-22)21(12)16-9-5-3-7-14(16)18(23)13-6-2-4-8-15(13)19/h2-10,22H,11H2,1H3. The van der Waals surface area contributed by atoms with Gasteiger partial charge in [-0.15, -0.1) is 0 Å². The number of aliphatic hydroxyl groups is 1. The van der Waals surface area contributed by atoms with Gasteiger partial charge in [0.05, 0.1) is 10.7 Å². The van der Waals surface area contributed by atoms with Crippen molar-refractivity contribution < 1.29 is 9.90 Å². The molecule has 2 aromatic carbocycles. The molecule has 0 saturated heterocycles. The number of aliphatic hydroxyl groups excluding tert-OH is 1. The van der Waals surface area contributed by atoms with Gasteiger partial charge in [0.2, 0.25) is 0 Å². The average molecular weight is 327 g/mol. The van der Waals surface area contributed by atoms with Crippen LogP contribution in [0.15, 0.2) is 54.7 Å². The van der Waals surface area contributed by atoms with Crippen molar-refractivity contribution >= 4 is 17.4 Å². The zero-order valence-corrected chi connectivity index (χ0v) is 13.3. The molecular formula is C18H15ClN2O2. The average Bonchev–Trinajstić information content (AvgIpc) is 2.95. The van der Waals surface area contributed by atoms with E-state index in [4.69, 9.17) is 11.6 Å². The van der Waals surface area contributed by atoms with Crippen LogP contribution in [0.1, 0.15) is 27.4 Å². The molecule has 116 valence electrons. The zero-order valence-electron chi connectivity index (χ0n) is 12.5. The Morgan fingerprint density at radius 1 is 1.13 bits per heavy atom. The predicted molar refractivity (Wildman–Crippen MR) is 89.1 cm³/mol. The van der Waals surface area contributed by atoms with Gasteiger partial charge in [0.15, 0.2) is 5.78 Å². The van der Waals surface area contributed by atoms with Crippen molar-refractivity contribution in [2.24, 2.45) is 0 Å². The van der Waals surface area contributed by atoms with Crippen molar-refractivity contribution in [1.82, 2.24) is 9.55 Å². The van der Waals surface area contributed by atoms with E-state index in [0.717, 1.165) is 5.69 Å². The molecule has 4 nitrogen and oxygen atoms in total. The van der Waals surface area contributed by atoms with Crippen molar-refractivity contribution in [1.29, 1.82) is 0 Å². The Kier molecular flexibility index (Phi) is 4.28. The molecule has 0 saturated carbocycles. The highest BCUT2D eigenvalue weighted by Gasteiger charge is 2.19. The van der Waals surface area contributed by atoms with Crippen molar-refractivity contribution in [3.63, 3.8) is 0 Å². The van der Waals surface area contributed by atoms with Gasteiger partial charge in [-0.25, -0.2) is 4.98 Å². The first-order valence-electron chi connectivity index (χ1n) is 7.16. The van der Waals surface area contributed by atoms with Crippen molar-refractivity contribution in [2.45, 2.75) is 13.5 Å². The number of carbonyl (C=O) groups is 1. The summed E-state index contributed by atoms with van der Waals surface area (Å²) in [5.74, 6) is 0.324.